The Morgan fingerprint density at radius 2 is 1.95 bits per heavy atom. The van der Waals surface area contributed by atoms with Gasteiger partial charge < -0.3 is 10.0 Å². The smallest absolute Gasteiger partial charge is 0.307 e. The molecule has 1 N–H and O–H groups in total. The molecule has 0 saturated heterocycles. The molecule has 0 unspecified atom stereocenters. The van der Waals surface area contributed by atoms with Crippen LogP contribution >= 0.6 is 0 Å². The highest BCUT2D eigenvalue weighted by atomic mass is 16.4. The second kappa shape index (κ2) is 4.93. The van der Waals surface area contributed by atoms with Crippen molar-refractivity contribution in [3.8, 4) is 0 Å². The molecule has 2 aliphatic rings. The van der Waals surface area contributed by atoms with E-state index in [4.69, 9.17) is 5.11 Å². The van der Waals surface area contributed by atoms with Gasteiger partial charge in [0.25, 0.3) is 0 Å². The van der Waals surface area contributed by atoms with Crippen molar-refractivity contribution in [2.45, 2.75) is 38.8 Å². The van der Waals surface area contributed by atoms with Crippen LogP contribution in [0.2, 0.25) is 0 Å². The van der Waals surface area contributed by atoms with Gasteiger partial charge in [0.2, 0.25) is 5.91 Å². The van der Waals surface area contributed by atoms with Crippen LogP contribution in [0.25, 0.3) is 0 Å². The summed E-state index contributed by atoms with van der Waals surface area (Å²) in [6.07, 6.45) is 2.29. The maximum atomic E-state index is 12.5. The average molecular weight is 273 g/mol. The first kappa shape index (κ1) is 13.2. The van der Waals surface area contributed by atoms with Gasteiger partial charge in [0.15, 0.2) is 0 Å². The Labute approximate surface area is 118 Å². The van der Waals surface area contributed by atoms with E-state index in [1.165, 1.54) is 11.1 Å². The molecule has 3 rings (SSSR count). The Hall–Kier alpha value is -1.84. The summed E-state index contributed by atoms with van der Waals surface area (Å²) in [5.41, 5.74) is 2.51. The first-order valence-corrected chi connectivity index (χ1v) is 7.22. The van der Waals surface area contributed by atoms with E-state index in [-0.39, 0.29) is 17.9 Å². The van der Waals surface area contributed by atoms with Crippen LogP contribution in [-0.4, -0.2) is 27.9 Å². The molecule has 20 heavy (non-hydrogen) atoms. The maximum Gasteiger partial charge on any atom is 0.307 e. The minimum Gasteiger partial charge on any atom is -0.481 e. The van der Waals surface area contributed by atoms with Crippen molar-refractivity contribution in [1.82, 2.24) is 4.90 Å². The largest absolute Gasteiger partial charge is 0.481 e. The Morgan fingerprint density at radius 1 is 1.25 bits per heavy atom. The number of carboxylic acids is 1. The van der Waals surface area contributed by atoms with Crippen LogP contribution in [0, 0.1) is 11.8 Å². The van der Waals surface area contributed by atoms with Crippen LogP contribution in [0.5, 0.6) is 0 Å². The van der Waals surface area contributed by atoms with Gasteiger partial charge in [-0.2, -0.15) is 0 Å². The Bertz CT molecular complexity index is 554. The van der Waals surface area contributed by atoms with Crippen molar-refractivity contribution >= 4 is 11.9 Å². The number of rotatable bonds is 3. The summed E-state index contributed by atoms with van der Waals surface area (Å²) >= 11 is 0. The summed E-state index contributed by atoms with van der Waals surface area (Å²) in [7, 11) is 0. The van der Waals surface area contributed by atoms with Gasteiger partial charge in [-0.15, -0.1) is 0 Å². The molecule has 1 fully saturated rings. The fourth-order valence-corrected chi connectivity index (χ4v) is 3.16. The van der Waals surface area contributed by atoms with E-state index in [0.717, 1.165) is 12.8 Å². The topological polar surface area (TPSA) is 57.6 Å². The van der Waals surface area contributed by atoms with E-state index in [9.17, 15) is 9.59 Å². The van der Waals surface area contributed by atoms with Crippen molar-refractivity contribution in [2.24, 2.45) is 11.8 Å². The highest BCUT2D eigenvalue weighted by molar-refractivity contribution is 5.89. The highest BCUT2D eigenvalue weighted by Crippen LogP contribution is 2.41. The number of carboxylic acid groups (broad SMARTS) is 1. The first-order chi connectivity index (χ1) is 9.61. The van der Waals surface area contributed by atoms with Gasteiger partial charge >= 0.3 is 5.97 Å². The lowest BCUT2D eigenvalue weighted by molar-refractivity contribution is -0.143. The number of carbonyl (C=O) groups excluding carboxylic acids is 1. The molecule has 0 radical (unpaired) electrons. The molecule has 4 nitrogen and oxygen atoms in total. The summed E-state index contributed by atoms with van der Waals surface area (Å²) in [5.74, 6) is -1.57. The molecule has 1 aromatic rings. The van der Waals surface area contributed by atoms with Crippen LogP contribution in [0.3, 0.4) is 0 Å². The van der Waals surface area contributed by atoms with Crippen molar-refractivity contribution < 1.29 is 14.7 Å². The van der Waals surface area contributed by atoms with E-state index in [2.05, 4.69) is 19.1 Å². The Morgan fingerprint density at radius 3 is 2.55 bits per heavy atom. The number of amides is 1. The molecule has 1 heterocycles. The third-order valence-corrected chi connectivity index (χ3v) is 4.53. The molecule has 1 aliphatic carbocycles. The van der Waals surface area contributed by atoms with Gasteiger partial charge in [0.05, 0.1) is 11.8 Å². The molecule has 1 saturated carbocycles. The van der Waals surface area contributed by atoms with E-state index in [1.807, 2.05) is 17.0 Å². The predicted octanol–water partition coefficient (Wildman–Crippen LogP) is 2.07. The quantitative estimate of drug-likeness (QED) is 0.917. The summed E-state index contributed by atoms with van der Waals surface area (Å²) in [4.78, 5) is 25.4. The first-order valence-electron chi connectivity index (χ1n) is 7.22. The van der Waals surface area contributed by atoms with Crippen LogP contribution in [-0.2, 0) is 22.6 Å². The van der Waals surface area contributed by atoms with Crippen LogP contribution in [0.4, 0.5) is 0 Å². The van der Waals surface area contributed by atoms with E-state index >= 15 is 0 Å². The highest BCUT2D eigenvalue weighted by Gasteiger charge is 2.50. The minimum atomic E-state index is -0.839. The Balaban J connectivity index is 1.79. The molecule has 1 aromatic carbocycles. The molecule has 1 amide bonds. The van der Waals surface area contributed by atoms with E-state index in [0.29, 0.717) is 13.0 Å². The number of nitrogens with zero attached hydrogens (tertiary/aromatic N) is 1. The zero-order valence-corrected chi connectivity index (χ0v) is 11.6. The lowest BCUT2D eigenvalue weighted by atomic mass is 9.92. The Kier molecular flexibility index (Phi) is 3.24. The molecular formula is C16H19NO3. The van der Waals surface area contributed by atoms with Gasteiger partial charge in [-0.25, -0.2) is 0 Å². The van der Waals surface area contributed by atoms with Crippen molar-refractivity contribution in [2.75, 3.05) is 0 Å². The predicted molar refractivity (Wildman–Crippen MR) is 74.0 cm³/mol. The zero-order chi connectivity index (χ0) is 14.3. The van der Waals surface area contributed by atoms with Gasteiger partial charge in [-0.05, 0) is 30.4 Å². The van der Waals surface area contributed by atoms with Crippen LogP contribution in [0.15, 0.2) is 24.3 Å². The number of hydrogen-bond donors (Lipinski definition) is 1. The number of fused-ring (bicyclic) bond motifs is 1. The maximum absolute atomic E-state index is 12.5. The number of benzene rings is 1. The SMILES string of the molecule is CC[C@@H]1Cc2ccccc2CN1C(=O)[C@@H]1C[C@H]1C(=O)O. The molecular weight excluding hydrogens is 254 g/mol. The van der Waals surface area contributed by atoms with Crippen LogP contribution < -0.4 is 0 Å². The lowest BCUT2D eigenvalue weighted by Gasteiger charge is -2.36. The number of hydrogen-bond acceptors (Lipinski definition) is 2. The van der Waals surface area contributed by atoms with Gasteiger partial charge in [0, 0.05) is 12.6 Å². The molecule has 1 aliphatic heterocycles. The third-order valence-electron chi connectivity index (χ3n) is 4.53. The fourth-order valence-electron chi connectivity index (χ4n) is 3.16. The van der Waals surface area contributed by atoms with Crippen molar-refractivity contribution in [3.63, 3.8) is 0 Å². The summed E-state index contributed by atoms with van der Waals surface area (Å²) in [6.45, 7) is 2.71. The van der Waals surface area contributed by atoms with Crippen LogP contribution in [0.1, 0.15) is 30.9 Å². The third kappa shape index (κ3) is 2.19. The second-order valence-corrected chi connectivity index (χ2v) is 5.79. The fraction of sp³-hybridized carbons (Fsp3) is 0.500. The van der Waals surface area contributed by atoms with Gasteiger partial charge in [0.1, 0.15) is 0 Å². The monoisotopic (exact) mass is 273 g/mol. The molecule has 0 bridgehead atoms. The number of carbonyl (C=O) groups is 2. The lowest BCUT2D eigenvalue weighted by Crippen LogP contribution is -2.45. The van der Waals surface area contributed by atoms with Crippen molar-refractivity contribution in [3.05, 3.63) is 35.4 Å². The van der Waals surface area contributed by atoms with Gasteiger partial charge in [-0.1, -0.05) is 31.2 Å². The molecule has 106 valence electrons. The molecule has 0 spiro atoms. The van der Waals surface area contributed by atoms with E-state index < -0.39 is 11.9 Å². The molecule has 3 atom stereocenters. The molecule has 4 heteroatoms. The van der Waals surface area contributed by atoms with Gasteiger partial charge in [-0.3, -0.25) is 9.59 Å². The van der Waals surface area contributed by atoms with Crippen molar-refractivity contribution in [1.29, 1.82) is 0 Å². The minimum absolute atomic E-state index is 0.0266. The summed E-state index contributed by atoms with van der Waals surface area (Å²) in [5, 5.41) is 8.98. The second-order valence-electron chi connectivity index (χ2n) is 5.79. The zero-order valence-electron chi connectivity index (χ0n) is 11.6. The summed E-state index contributed by atoms with van der Waals surface area (Å²) < 4.78 is 0. The summed E-state index contributed by atoms with van der Waals surface area (Å²) in [6, 6.07) is 8.41. The standard InChI is InChI=1S/C16H19NO3/c1-2-12-7-10-5-3-4-6-11(10)9-17(12)15(18)13-8-14(13)16(19)20/h3-6,12-14H,2,7-9H2,1H3,(H,19,20)/t12-,13-,14-/m1/s1. The average Bonchev–Trinajstić information content (AvgIpc) is 3.25. The number of aliphatic carboxylic acids is 1. The molecule has 0 aromatic heterocycles. The van der Waals surface area contributed by atoms with E-state index in [1.54, 1.807) is 0 Å². The normalized spacial score (nSPS) is 27.9.